The first-order valence-electron chi connectivity index (χ1n) is 9.53. The van der Waals surface area contributed by atoms with Crippen molar-refractivity contribution in [3.05, 3.63) is 106 Å². The van der Waals surface area contributed by atoms with E-state index in [4.69, 9.17) is 11.6 Å². The molecule has 0 saturated heterocycles. The van der Waals surface area contributed by atoms with E-state index < -0.39 is 6.04 Å². The molecule has 5 rings (SSSR count). The Morgan fingerprint density at radius 3 is 2.30 bits per heavy atom. The number of aromatic nitrogens is 2. The number of nitrogens with one attached hydrogen (secondary N) is 1. The van der Waals surface area contributed by atoms with Gasteiger partial charge in [0, 0.05) is 21.8 Å². The van der Waals surface area contributed by atoms with Crippen LogP contribution in [0.4, 0.5) is 10.1 Å². The van der Waals surface area contributed by atoms with Crippen LogP contribution in [-0.2, 0) is 0 Å². The lowest BCUT2D eigenvalue weighted by atomic mass is 9.96. The van der Waals surface area contributed by atoms with Crippen LogP contribution >= 0.6 is 11.6 Å². The number of hydrogen-bond donors (Lipinski definition) is 1. The largest absolute Gasteiger partial charge is 0.295 e. The molecule has 1 aliphatic rings. The molecule has 1 N–H and O–H groups in total. The minimum Gasteiger partial charge on any atom is -0.295 e. The van der Waals surface area contributed by atoms with E-state index in [1.807, 2.05) is 43.3 Å². The molecule has 0 saturated carbocycles. The molecule has 3 aromatic carbocycles. The van der Waals surface area contributed by atoms with Crippen LogP contribution in [-0.4, -0.2) is 16.1 Å². The molecule has 0 unspecified atom stereocenters. The van der Waals surface area contributed by atoms with Gasteiger partial charge >= 0.3 is 0 Å². The third kappa shape index (κ3) is 2.99. The van der Waals surface area contributed by atoms with Gasteiger partial charge in [0.15, 0.2) is 0 Å². The standard InChI is InChI=1S/C24H17ClFN3O/c1-14-2-12-19(13-3-14)29-23(16-6-10-18(26)11-7-16)20-21(27-28-22(20)24(29)30)15-4-8-17(25)9-5-15/h2-13,23H,1H3,(H,27,28)/t23-/m1/s1. The van der Waals surface area contributed by atoms with Crippen molar-refractivity contribution >= 4 is 23.2 Å². The first kappa shape index (κ1) is 18.6. The molecule has 1 amide bonds. The number of nitrogens with zero attached hydrogens (tertiary/aromatic N) is 2. The van der Waals surface area contributed by atoms with Gasteiger partial charge in [-0.3, -0.25) is 14.8 Å². The molecular formula is C24H17ClFN3O. The summed E-state index contributed by atoms with van der Waals surface area (Å²) in [6, 6.07) is 20.9. The van der Waals surface area contributed by atoms with Crippen molar-refractivity contribution < 1.29 is 9.18 Å². The summed E-state index contributed by atoms with van der Waals surface area (Å²) in [5.41, 5.74) is 5.42. The number of aromatic amines is 1. The van der Waals surface area contributed by atoms with Crippen LogP contribution in [0, 0.1) is 12.7 Å². The quantitative estimate of drug-likeness (QED) is 0.449. The number of rotatable bonds is 3. The van der Waals surface area contributed by atoms with E-state index in [0.29, 0.717) is 16.4 Å². The van der Waals surface area contributed by atoms with Crippen LogP contribution < -0.4 is 4.90 Å². The monoisotopic (exact) mass is 417 g/mol. The zero-order chi connectivity index (χ0) is 20.8. The van der Waals surface area contributed by atoms with Crippen molar-refractivity contribution in [1.29, 1.82) is 0 Å². The number of amides is 1. The van der Waals surface area contributed by atoms with Gasteiger partial charge in [0.25, 0.3) is 5.91 Å². The topological polar surface area (TPSA) is 49.0 Å². The maximum atomic E-state index is 13.6. The molecule has 2 heterocycles. The Labute approximate surface area is 177 Å². The van der Waals surface area contributed by atoms with E-state index in [1.165, 1.54) is 12.1 Å². The molecule has 1 aliphatic heterocycles. The van der Waals surface area contributed by atoms with Crippen molar-refractivity contribution in [3.63, 3.8) is 0 Å². The molecule has 30 heavy (non-hydrogen) atoms. The highest BCUT2D eigenvalue weighted by Gasteiger charge is 2.43. The zero-order valence-corrected chi connectivity index (χ0v) is 16.8. The molecular weight excluding hydrogens is 401 g/mol. The van der Waals surface area contributed by atoms with E-state index in [1.54, 1.807) is 29.2 Å². The van der Waals surface area contributed by atoms with Crippen LogP contribution in [0.15, 0.2) is 72.8 Å². The second-order valence-corrected chi connectivity index (χ2v) is 7.77. The number of carbonyl (C=O) groups excluding carboxylic acids is 1. The van der Waals surface area contributed by atoms with E-state index in [9.17, 15) is 9.18 Å². The van der Waals surface area contributed by atoms with Gasteiger partial charge in [0.05, 0.1) is 11.7 Å². The lowest BCUT2D eigenvalue weighted by Crippen LogP contribution is -2.29. The second-order valence-electron chi connectivity index (χ2n) is 7.33. The average Bonchev–Trinajstić information content (AvgIpc) is 3.29. The minimum absolute atomic E-state index is 0.170. The van der Waals surface area contributed by atoms with Crippen molar-refractivity contribution in [3.8, 4) is 11.3 Å². The molecule has 0 bridgehead atoms. The number of carbonyl (C=O) groups is 1. The van der Waals surface area contributed by atoms with Crippen LogP contribution in [0.2, 0.25) is 5.02 Å². The van der Waals surface area contributed by atoms with Crippen molar-refractivity contribution in [1.82, 2.24) is 10.2 Å². The molecule has 1 aromatic heterocycles. The number of fused-ring (bicyclic) bond motifs is 1. The normalized spacial score (nSPS) is 15.5. The van der Waals surface area contributed by atoms with E-state index >= 15 is 0 Å². The summed E-state index contributed by atoms with van der Waals surface area (Å²) in [4.78, 5) is 15.1. The fourth-order valence-corrected chi connectivity index (χ4v) is 4.03. The number of aryl methyl sites for hydroxylation is 1. The Kier molecular flexibility index (Phi) is 4.40. The zero-order valence-electron chi connectivity index (χ0n) is 16.1. The van der Waals surface area contributed by atoms with Gasteiger partial charge in [-0.2, -0.15) is 5.10 Å². The van der Waals surface area contributed by atoms with E-state index in [-0.39, 0.29) is 11.7 Å². The van der Waals surface area contributed by atoms with Crippen molar-refractivity contribution in [2.75, 3.05) is 4.90 Å². The Hall–Kier alpha value is -3.44. The summed E-state index contributed by atoms with van der Waals surface area (Å²) in [6.07, 6.45) is 0. The Morgan fingerprint density at radius 2 is 1.63 bits per heavy atom. The summed E-state index contributed by atoms with van der Waals surface area (Å²) in [6.45, 7) is 2.00. The number of benzene rings is 3. The lowest BCUT2D eigenvalue weighted by Gasteiger charge is -2.26. The van der Waals surface area contributed by atoms with Crippen LogP contribution in [0.5, 0.6) is 0 Å². The van der Waals surface area contributed by atoms with Crippen LogP contribution in [0.1, 0.15) is 33.2 Å². The first-order chi connectivity index (χ1) is 14.5. The summed E-state index contributed by atoms with van der Waals surface area (Å²) in [5, 5.41) is 7.98. The minimum atomic E-state index is -0.430. The molecule has 0 fully saturated rings. The van der Waals surface area contributed by atoms with E-state index in [0.717, 1.165) is 27.9 Å². The Balaban J connectivity index is 1.71. The molecule has 4 aromatic rings. The maximum Gasteiger partial charge on any atom is 0.277 e. The smallest absolute Gasteiger partial charge is 0.277 e. The maximum absolute atomic E-state index is 13.6. The van der Waals surface area contributed by atoms with Gasteiger partial charge in [0.2, 0.25) is 0 Å². The van der Waals surface area contributed by atoms with Gasteiger partial charge in [0.1, 0.15) is 11.5 Å². The second kappa shape index (κ2) is 7.11. The molecule has 148 valence electrons. The molecule has 6 heteroatoms. The predicted molar refractivity (Wildman–Crippen MR) is 115 cm³/mol. The van der Waals surface area contributed by atoms with Gasteiger partial charge in [-0.25, -0.2) is 4.39 Å². The van der Waals surface area contributed by atoms with Crippen molar-refractivity contribution in [2.45, 2.75) is 13.0 Å². The number of H-pyrrole nitrogens is 1. The molecule has 0 spiro atoms. The highest BCUT2D eigenvalue weighted by molar-refractivity contribution is 6.30. The van der Waals surface area contributed by atoms with Gasteiger partial charge in [-0.05, 0) is 48.9 Å². The third-order valence-corrected chi connectivity index (χ3v) is 5.64. The van der Waals surface area contributed by atoms with Gasteiger partial charge < -0.3 is 0 Å². The molecule has 4 nitrogen and oxygen atoms in total. The summed E-state index contributed by atoms with van der Waals surface area (Å²) < 4.78 is 13.6. The Morgan fingerprint density at radius 1 is 0.967 bits per heavy atom. The lowest BCUT2D eigenvalue weighted by molar-refractivity contribution is 0.0989. The number of hydrogen-bond acceptors (Lipinski definition) is 2. The van der Waals surface area contributed by atoms with Crippen molar-refractivity contribution in [2.24, 2.45) is 0 Å². The summed E-state index contributed by atoms with van der Waals surface area (Å²) >= 11 is 6.04. The highest BCUT2D eigenvalue weighted by atomic mass is 35.5. The number of halogens is 2. The SMILES string of the molecule is Cc1ccc(N2C(=O)c3[nH]nc(-c4ccc(Cl)cc4)c3[C@H]2c2ccc(F)cc2)cc1. The highest BCUT2D eigenvalue weighted by Crippen LogP contribution is 2.45. The van der Waals surface area contributed by atoms with Gasteiger partial charge in [-0.15, -0.1) is 0 Å². The predicted octanol–water partition coefficient (Wildman–Crippen LogP) is 5.93. The molecule has 1 atom stereocenters. The summed E-state index contributed by atoms with van der Waals surface area (Å²) in [7, 11) is 0. The molecule has 0 aliphatic carbocycles. The fourth-order valence-electron chi connectivity index (χ4n) is 3.91. The average molecular weight is 418 g/mol. The van der Waals surface area contributed by atoms with E-state index in [2.05, 4.69) is 10.2 Å². The van der Waals surface area contributed by atoms with Gasteiger partial charge in [-0.1, -0.05) is 53.6 Å². The first-order valence-corrected chi connectivity index (χ1v) is 9.90. The molecule has 0 radical (unpaired) electrons. The van der Waals surface area contributed by atoms with Crippen LogP contribution in [0.25, 0.3) is 11.3 Å². The fraction of sp³-hybridized carbons (Fsp3) is 0.0833. The third-order valence-electron chi connectivity index (χ3n) is 5.38. The number of anilines is 1. The van der Waals surface area contributed by atoms with Crippen LogP contribution in [0.3, 0.4) is 0 Å². The summed E-state index contributed by atoms with van der Waals surface area (Å²) in [5.74, 6) is -0.494. The Bertz CT molecular complexity index is 1230.